The van der Waals surface area contributed by atoms with E-state index in [1.54, 1.807) is 6.07 Å². The van der Waals surface area contributed by atoms with Crippen LogP contribution in [0.1, 0.15) is 63.9 Å². The second-order valence-electron chi connectivity index (χ2n) is 8.80. The van der Waals surface area contributed by atoms with Gasteiger partial charge >= 0.3 is 12.1 Å². The molecule has 1 atom stereocenters. The van der Waals surface area contributed by atoms with E-state index in [0.717, 1.165) is 49.4 Å². The van der Waals surface area contributed by atoms with E-state index < -0.39 is 24.5 Å². The third kappa shape index (κ3) is 6.96. The first-order valence-corrected chi connectivity index (χ1v) is 12.1. The zero-order valence-electron chi connectivity index (χ0n) is 18.5. The molecule has 182 valence electrons. The van der Waals surface area contributed by atoms with Gasteiger partial charge in [0, 0.05) is 24.1 Å². The molecule has 1 saturated carbocycles. The van der Waals surface area contributed by atoms with Crippen molar-refractivity contribution < 1.29 is 23.1 Å². The number of nitrogens with one attached hydrogen (secondary N) is 1. The third-order valence-electron chi connectivity index (χ3n) is 5.73. The summed E-state index contributed by atoms with van der Waals surface area (Å²) in [6, 6.07) is 4.73. The number of hydrogen-bond acceptors (Lipinski definition) is 6. The Hall–Kier alpha value is -2.07. The van der Waals surface area contributed by atoms with Gasteiger partial charge in [-0.15, -0.1) is 0 Å². The number of nitrogens with zero attached hydrogens (tertiary/aromatic N) is 3. The largest absolute Gasteiger partial charge is 0.481 e. The topological polar surface area (TPSA) is 78.4 Å². The number of anilines is 3. The van der Waals surface area contributed by atoms with E-state index in [9.17, 15) is 18.0 Å². The quantitative estimate of drug-likeness (QED) is 0.389. The summed E-state index contributed by atoms with van der Waals surface area (Å²) in [5.74, 6) is -3.28. The summed E-state index contributed by atoms with van der Waals surface area (Å²) in [6.07, 6.45) is -0.287. The molecular formula is C22H28ClF3N4O2S. The van der Waals surface area contributed by atoms with Gasteiger partial charge in [-0.1, -0.05) is 39.2 Å². The van der Waals surface area contributed by atoms with Crippen LogP contribution in [0.4, 0.5) is 29.7 Å². The number of benzene rings is 1. The SMILES string of the molecule is CC(C)CN(c1ccc(C(CC(=O)O)C(F)(F)F)cc1Nc1nc(Cl)ns1)C1CCCCC1. The van der Waals surface area contributed by atoms with E-state index in [4.69, 9.17) is 16.7 Å². The van der Waals surface area contributed by atoms with Crippen molar-refractivity contribution in [2.75, 3.05) is 16.8 Å². The summed E-state index contributed by atoms with van der Waals surface area (Å²) in [6.45, 7) is 4.95. The number of alkyl halides is 3. The highest BCUT2D eigenvalue weighted by molar-refractivity contribution is 7.10. The van der Waals surface area contributed by atoms with Gasteiger partial charge in [0.05, 0.1) is 23.7 Å². The fourth-order valence-electron chi connectivity index (χ4n) is 4.32. The second kappa shape index (κ2) is 10.9. The molecule has 11 heteroatoms. The predicted molar refractivity (Wildman–Crippen MR) is 125 cm³/mol. The van der Waals surface area contributed by atoms with Gasteiger partial charge in [0.1, 0.15) is 0 Å². The highest BCUT2D eigenvalue weighted by Crippen LogP contribution is 2.42. The van der Waals surface area contributed by atoms with Crippen molar-refractivity contribution in [1.29, 1.82) is 0 Å². The zero-order valence-corrected chi connectivity index (χ0v) is 20.1. The maximum atomic E-state index is 13.7. The molecule has 2 aromatic rings. The van der Waals surface area contributed by atoms with Gasteiger partial charge in [-0.3, -0.25) is 4.79 Å². The lowest BCUT2D eigenvalue weighted by molar-refractivity contribution is -0.163. The molecule has 3 rings (SSSR count). The van der Waals surface area contributed by atoms with Gasteiger partial charge in [0.15, 0.2) is 0 Å². The molecule has 0 bridgehead atoms. The lowest BCUT2D eigenvalue weighted by Gasteiger charge is -2.38. The van der Waals surface area contributed by atoms with Crippen molar-refractivity contribution >= 4 is 45.6 Å². The Morgan fingerprint density at radius 3 is 2.55 bits per heavy atom. The van der Waals surface area contributed by atoms with Crippen molar-refractivity contribution in [1.82, 2.24) is 9.36 Å². The first kappa shape index (κ1) is 25.6. The second-order valence-corrected chi connectivity index (χ2v) is 9.89. The highest BCUT2D eigenvalue weighted by atomic mass is 35.5. The van der Waals surface area contributed by atoms with Crippen LogP contribution in [0, 0.1) is 5.92 Å². The van der Waals surface area contributed by atoms with Crippen LogP contribution < -0.4 is 10.2 Å². The third-order valence-corrected chi connectivity index (χ3v) is 6.63. The maximum Gasteiger partial charge on any atom is 0.396 e. The monoisotopic (exact) mass is 504 g/mol. The molecule has 2 N–H and O–H groups in total. The van der Waals surface area contributed by atoms with Gasteiger partial charge in [-0.25, -0.2) is 0 Å². The smallest absolute Gasteiger partial charge is 0.396 e. The molecule has 0 saturated heterocycles. The summed E-state index contributed by atoms with van der Waals surface area (Å²) in [5.41, 5.74) is 1.09. The lowest BCUT2D eigenvalue weighted by atomic mass is 9.91. The standard InChI is InChI=1S/C22H28ClF3N4O2S/c1-13(2)12-30(15-6-4-3-5-7-15)18-9-8-14(16(11-19(31)32)22(24,25)26)10-17(18)27-21-28-20(23)29-33-21/h8-10,13,15-16H,3-7,11-12H2,1-2H3,(H,31,32)(H,27,28,29). The first-order chi connectivity index (χ1) is 15.5. The van der Waals surface area contributed by atoms with Gasteiger partial charge in [-0.2, -0.15) is 22.5 Å². The average Bonchev–Trinajstić information content (AvgIpc) is 3.14. The van der Waals surface area contributed by atoms with Crippen LogP contribution in [0.25, 0.3) is 0 Å². The number of carboxylic acid groups (broad SMARTS) is 1. The van der Waals surface area contributed by atoms with E-state index in [1.807, 2.05) is 0 Å². The summed E-state index contributed by atoms with van der Waals surface area (Å²) >= 11 is 6.85. The van der Waals surface area contributed by atoms with Crippen LogP contribution >= 0.6 is 23.1 Å². The first-order valence-electron chi connectivity index (χ1n) is 11.0. The van der Waals surface area contributed by atoms with E-state index in [1.165, 1.54) is 18.6 Å². The van der Waals surface area contributed by atoms with Crippen molar-refractivity contribution in [3.8, 4) is 0 Å². The van der Waals surface area contributed by atoms with Gasteiger partial charge in [-0.05, 0) is 48.1 Å². The van der Waals surface area contributed by atoms with Crippen LogP contribution in [-0.4, -0.2) is 39.2 Å². The molecule has 1 aliphatic carbocycles. The van der Waals surface area contributed by atoms with Gasteiger partial charge in [0.25, 0.3) is 0 Å². The number of aromatic nitrogens is 2. The Bertz CT molecular complexity index is 948. The zero-order chi connectivity index (χ0) is 24.2. The van der Waals surface area contributed by atoms with E-state index in [-0.39, 0.29) is 16.9 Å². The Morgan fingerprint density at radius 1 is 1.30 bits per heavy atom. The molecule has 0 radical (unpaired) electrons. The molecule has 1 unspecified atom stereocenters. The lowest BCUT2D eigenvalue weighted by Crippen LogP contribution is -2.39. The molecule has 33 heavy (non-hydrogen) atoms. The molecule has 1 aromatic carbocycles. The number of aliphatic carboxylic acids is 1. The molecule has 6 nitrogen and oxygen atoms in total. The van der Waals surface area contributed by atoms with E-state index in [0.29, 0.717) is 16.7 Å². The van der Waals surface area contributed by atoms with Crippen LogP contribution in [0.5, 0.6) is 0 Å². The van der Waals surface area contributed by atoms with E-state index >= 15 is 0 Å². The molecule has 0 spiro atoms. The minimum absolute atomic E-state index is 0.0468. The molecule has 1 fully saturated rings. The summed E-state index contributed by atoms with van der Waals surface area (Å²) in [4.78, 5) is 17.5. The molecule has 1 aromatic heterocycles. The molecule has 1 aliphatic rings. The van der Waals surface area contributed by atoms with Crippen molar-refractivity contribution in [2.45, 2.75) is 70.5 Å². The fraction of sp³-hybridized carbons (Fsp3) is 0.591. The summed E-state index contributed by atoms with van der Waals surface area (Å²) < 4.78 is 45.1. The van der Waals surface area contributed by atoms with Crippen LogP contribution in [-0.2, 0) is 4.79 Å². The fourth-order valence-corrected chi connectivity index (χ4v) is 5.04. The Labute approximate surface area is 200 Å². The minimum atomic E-state index is -4.69. The number of hydrogen-bond donors (Lipinski definition) is 2. The van der Waals surface area contributed by atoms with Crippen LogP contribution in [0.2, 0.25) is 5.28 Å². The number of carbonyl (C=O) groups is 1. The Balaban J connectivity index is 2.07. The molecule has 0 amide bonds. The van der Waals surface area contributed by atoms with Crippen molar-refractivity contribution in [3.05, 3.63) is 29.0 Å². The molecule has 0 aliphatic heterocycles. The molecule has 1 heterocycles. The van der Waals surface area contributed by atoms with Gasteiger partial charge in [0.2, 0.25) is 10.4 Å². The van der Waals surface area contributed by atoms with Crippen LogP contribution in [0.3, 0.4) is 0 Å². The molecular weight excluding hydrogens is 477 g/mol. The highest BCUT2D eigenvalue weighted by Gasteiger charge is 2.42. The predicted octanol–water partition coefficient (Wildman–Crippen LogP) is 6.85. The van der Waals surface area contributed by atoms with Crippen LogP contribution in [0.15, 0.2) is 18.2 Å². The Kier molecular flexibility index (Phi) is 8.44. The van der Waals surface area contributed by atoms with Gasteiger partial charge < -0.3 is 15.3 Å². The number of rotatable bonds is 9. The summed E-state index contributed by atoms with van der Waals surface area (Å²) in [5, 5.41) is 12.6. The van der Waals surface area contributed by atoms with Crippen molar-refractivity contribution in [3.63, 3.8) is 0 Å². The van der Waals surface area contributed by atoms with E-state index in [2.05, 4.69) is 33.4 Å². The number of carboxylic acids is 1. The Morgan fingerprint density at radius 2 is 2.00 bits per heavy atom. The number of halogens is 4. The summed E-state index contributed by atoms with van der Waals surface area (Å²) in [7, 11) is 0. The maximum absolute atomic E-state index is 13.7. The minimum Gasteiger partial charge on any atom is -0.481 e. The average molecular weight is 505 g/mol. The van der Waals surface area contributed by atoms with Crippen molar-refractivity contribution in [2.24, 2.45) is 5.92 Å². The normalized spacial score (nSPS) is 16.1.